The van der Waals surface area contributed by atoms with E-state index in [2.05, 4.69) is 10.3 Å². The van der Waals surface area contributed by atoms with Crippen LogP contribution < -0.4 is 19.7 Å². The van der Waals surface area contributed by atoms with Crippen LogP contribution in [0.2, 0.25) is 0 Å². The number of aromatic nitrogens is 1. The van der Waals surface area contributed by atoms with Crippen LogP contribution in [0, 0.1) is 0 Å². The average Bonchev–Trinajstić information content (AvgIpc) is 3.23. The second kappa shape index (κ2) is 10.4. The molecule has 0 spiro atoms. The third-order valence-corrected chi connectivity index (χ3v) is 5.82. The van der Waals surface area contributed by atoms with E-state index in [4.69, 9.17) is 14.2 Å². The van der Waals surface area contributed by atoms with Crippen LogP contribution in [0.4, 0.5) is 10.5 Å². The number of nitrogens with zero attached hydrogens (tertiary/aromatic N) is 3. The molecular weight excluding hydrogens is 440 g/mol. The first kappa shape index (κ1) is 23.3. The zero-order valence-corrected chi connectivity index (χ0v) is 19.2. The molecule has 2 saturated heterocycles. The molecule has 180 valence electrons. The smallest absolute Gasteiger partial charge is 0.414 e. The van der Waals surface area contributed by atoms with Crippen molar-refractivity contribution in [3.8, 4) is 11.6 Å². The maximum absolute atomic E-state index is 12.8. The number of cyclic esters (lactones) is 1. The highest BCUT2D eigenvalue weighted by Crippen LogP contribution is 2.24. The zero-order chi connectivity index (χ0) is 24.1. The minimum absolute atomic E-state index is 0.0193. The normalized spacial score (nSPS) is 18.4. The van der Waals surface area contributed by atoms with Crippen LogP contribution in [0.3, 0.4) is 0 Å². The predicted octanol–water partition coefficient (Wildman–Crippen LogP) is 2.24. The Morgan fingerprint density at radius 1 is 1.21 bits per heavy atom. The molecule has 2 aliphatic heterocycles. The number of nitrogens with one attached hydrogen (secondary N) is 1. The molecule has 0 saturated carbocycles. The number of ether oxygens (including phenoxy) is 3. The van der Waals surface area contributed by atoms with E-state index in [-0.39, 0.29) is 24.5 Å². The van der Waals surface area contributed by atoms with Crippen molar-refractivity contribution in [3.05, 3.63) is 48.2 Å². The molecule has 2 aromatic rings. The van der Waals surface area contributed by atoms with Crippen molar-refractivity contribution < 1.29 is 28.6 Å². The van der Waals surface area contributed by atoms with Crippen molar-refractivity contribution in [1.29, 1.82) is 0 Å². The van der Waals surface area contributed by atoms with Crippen LogP contribution in [-0.4, -0.2) is 73.3 Å². The molecule has 0 radical (unpaired) electrons. The summed E-state index contributed by atoms with van der Waals surface area (Å²) in [5.41, 5.74) is 1.21. The summed E-state index contributed by atoms with van der Waals surface area (Å²) in [6.07, 6.45) is 2.03. The lowest BCUT2D eigenvalue weighted by atomic mass is 10.1. The van der Waals surface area contributed by atoms with Crippen molar-refractivity contribution in [1.82, 2.24) is 15.2 Å². The number of likely N-dealkylation sites (tertiary alicyclic amines) is 1. The van der Waals surface area contributed by atoms with Gasteiger partial charge in [0.05, 0.1) is 32.1 Å². The Hall–Kier alpha value is -3.82. The Bertz CT molecular complexity index is 1040. The number of carbonyl (C=O) groups excluding carboxylic acids is 3. The molecule has 4 rings (SSSR count). The molecule has 0 unspecified atom stereocenters. The van der Waals surface area contributed by atoms with Gasteiger partial charge in [-0.15, -0.1) is 0 Å². The zero-order valence-electron chi connectivity index (χ0n) is 19.2. The summed E-state index contributed by atoms with van der Waals surface area (Å²) in [7, 11) is 1.58. The summed E-state index contributed by atoms with van der Waals surface area (Å²) in [4.78, 5) is 43.6. The number of hydrogen-bond donors (Lipinski definition) is 1. The molecule has 1 N–H and O–H groups in total. The number of benzene rings is 1. The molecule has 10 heteroatoms. The number of pyridine rings is 1. The molecule has 2 aliphatic rings. The van der Waals surface area contributed by atoms with Gasteiger partial charge in [-0.3, -0.25) is 14.5 Å². The quantitative estimate of drug-likeness (QED) is 0.664. The SMILES string of the molecule is COc1cccc(C(=O)N2CCC(Oc3ccc(N4C[C@H](CNC(C)=O)OC4=O)cn3)CC2)c1. The van der Waals surface area contributed by atoms with Crippen LogP contribution in [0.1, 0.15) is 30.1 Å². The van der Waals surface area contributed by atoms with Gasteiger partial charge in [0.25, 0.3) is 5.91 Å². The molecular formula is C24H28N4O6. The molecule has 0 bridgehead atoms. The monoisotopic (exact) mass is 468 g/mol. The summed E-state index contributed by atoms with van der Waals surface area (Å²) in [5.74, 6) is 0.926. The van der Waals surface area contributed by atoms with E-state index in [9.17, 15) is 14.4 Å². The van der Waals surface area contributed by atoms with E-state index in [0.717, 1.165) is 0 Å². The molecule has 3 amide bonds. The number of piperidine rings is 1. The molecule has 2 fully saturated rings. The van der Waals surface area contributed by atoms with Crippen molar-refractivity contribution in [2.24, 2.45) is 0 Å². The molecule has 10 nitrogen and oxygen atoms in total. The average molecular weight is 469 g/mol. The minimum Gasteiger partial charge on any atom is -0.497 e. The van der Waals surface area contributed by atoms with Gasteiger partial charge in [-0.05, 0) is 24.3 Å². The van der Waals surface area contributed by atoms with Gasteiger partial charge in [0, 0.05) is 44.5 Å². The Balaban J connectivity index is 1.27. The molecule has 1 aromatic carbocycles. The number of amides is 3. The fourth-order valence-electron chi connectivity index (χ4n) is 3.98. The molecule has 3 heterocycles. The second-order valence-corrected chi connectivity index (χ2v) is 8.25. The maximum Gasteiger partial charge on any atom is 0.414 e. The Morgan fingerprint density at radius 2 is 2.00 bits per heavy atom. The van der Waals surface area contributed by atoms with Crippen molar-refractivity contribution in [3.63, 3.8) is 0 Å². The first-order valence-electron chi connectivity index (χ1n) is 11.2. The Kier molecular flexibility index (Phi) is 7.15. The van der Waals surface area contributed by atoms with Gasteiger partial charge in [-0.2, -0.15) is 0 Å². The van der Waals surface area contributed by atoms with Crippen molar-refractivity contribution >= 4 is 23.6 Å². The summed E-state index contributed by atoms with van der Waals surface area (Å²) in [5, 5.41) is 2.65. The van der Waals surface area contributed by atoms with E-state index in [1.165, 1.54) is 11.8 Å². The number of carbonyl (C=O) groups is 3. The third-order valence-electron chi connectivity index (χ3n) is 5.82. The van der Waals surface area contributed by atoms with E-state index < -0.39 is 12.2 Å². The number of rotatable bonds is 7. The summed E-state index contributed by atoms with van der Waals surface area (Å²) < 4.78 is 16.5. The second-order valence-electron chi connectivity index (χ2n) is 8.25. The summed E-state index contributed by atoms with van der Waals surface area (Å²) >= 11 is 0. The van der Waals surface area contributed by atoms with Gasteiger partial charge in [0.15, 0.2) is 0 Å². The van der Waals surface area contributed by atoms with Gasteiger partial charge in [-0.25, -0.2) is 9.78 Å². The summed E-state index contributed by atoms with van der Waals surface area (Å²) in [6.45, 7) is 3.20. The van der Waals surface area contributed by atoms with E-state index >= 15 is 0 Å². The first-order chi connectivity index (χ1) is 16.4. The fraction of sp³-hybridized carbons (Fsp3) is 0.417. The highest BCUT2D eigenvalue weighted by atomic mass is 16.6. The summed E-state index contributed by atoms with van der Waals surface area (Å²) in [6, 6.07) is 10.6. The minimum atomic E-state index is -0.473. The maximum atomic E-state index is 12.8. The van der Waals surface area contributed by atoms with Crippen LogP contribution in [0.15, 0.2) is 42.6 Å². The van der Waals surface area contributed by atoms with Gasteiger partial charge in [0.2, 0.25) is 11.8 Å². The number of anilines is 1. The van der Waals surface area contributed by atoms with Crippen LogP contribution in [0.5, 0.6) is 11.6 Å². The van der Waals surface area contributed by atoms with Gasteiger partial charge >= 0.3 is 6.09 Å². The Labute approximate surface area is 197 Å². The highest BCUT2D eigenvalue weighted by Gasteiger charge is 2.32. The van der Waals surface area contributed by atoms with Crippen molar-refractivity contribution in [2.45, 2.75) is 32.0 Å². The standard InChI is InChI=1S/C24H28N4O6/c1-16(29)25-14-21-15-28(24(31)34-21)18-6-7-22(26-13-18)33-19-8-10-27(11-9-19)23(30)17-4-3-5-20(12-17)32-2/h3-7,12-13,19,21H,8-11,14-15H2,1-2H3,(H,25,29)/t21-/m0/s1. The lowest BCUT2D eigenvalue weighted by molar-refractivity contribution is -0.119. The highest BCUT2D eigenvalue weighted by molar-refractivity contribution is 5.94. The largest absolute Gasteiger partial charge is 0.497 e. The van der Waals surface area contributed by atoms with Crippen LogP contribution in [0.25, 0.3) is 0 Å². The topological polar surface area (TPSA) is 110 Å². The third kappa shape index (κ3) is 5.56. The lowest BCUT2D eigenvalue weighted by Gasteiger charge is -2.32. The molecule has 1 atom stereocenters. The molecule has 0 aliphatic carbocycles. The number of hydrogen-bond acceptors (Lipinski definition) is 7. The van der Waals surface area contributed by atoms with E-state index in [1.54, 1.807) is 37.6 Å². The first-order valence-corrected chi connectivity index (χ1v) is 11.2. The number of methoxy groups -OCH3 is 1. The van der Waals surface area contributed by atoms with Crippen LogP contribution in [-0.2, 0) is 9.53 Å². The van der Waals surface area contributed by atoms with Gasteiger partial charge in [0.1, 0.15) is 18.0 Å². The fourth-order valence-corrected chi connectivity index (χ4v) is 3.98. The van der Waals surface area contributed by atoms with Crippen LogP contribution >= 0.6 is 0 Å². The van der Waals surface area contributed by atoms with Gasteiger partial charge in [-0.1, -0.05) is 6.07 Å². The molecule has 34 heavy (non-hydrogen) atoms. The van der Waals surface area contributed by atoms with Crippen molar-refractivity contribution in [2.75, 3.05) is 38.2 Å². The van der Waals surface area contributed by atoms with E-state index in [1.807, 2.05) is 17.0 Å². The van der Waals surface area contributed by atoms with E-state index in [0.29, 0.717) is 55.4 Å². The molecule has 1 aromatic heterocycles. The predicted molar refractivity (Wildman–Crippen MR) is 123 cm³/mol. The lowest BCUT2D eigenvalue weighted by Crippen LogP contribution is -2.41. The Morgan fingerprint density at radius 3 is 2.68 bits per heavy atom. The van der Waals surface area contributed by atoms with Gasteiger partial charge < -0.3 is 24.4 Å².